The predicted octanol–water partition coefficient (Wildman–Crippen LogP) is 2.21. The fraction of sp³-hybridized carbons (Fsp3) is 0.182. The monoisotopic (exact) mass is 240 g/mol. The molecule has 84 valence electrons. The van der Waals surface area contributed by atoms with Gasteiger partial charge in [0.2, 0.25) is 0 Å². The van der Waals surface area contributed by atoms with Crippen molar-refractivity contribution in [1.29, 1.82) is 0 Å². The molecule has 0 aromatic heterocycles. The molecule has 0 saturated carbocycles. The van der Waals surface area contributed by atoms with E-state index < -0.39 is 5.97 Å². The van der Waals surface area contributed by atoms with E-state index in [9.17, 15) is 4.79 Å². The topological polar surface area (TPSA) is 55.8 Å². The molecule has 4 nitrogen and oxygen atoms in total. The number of halogens is 1. The van der Waals surface area contributed by atoms with Gasteiger partial charge in [0.1, 0.15) is 13.2 Å². The van der Waals surface area contributed by atoms with Crippen LogP contribution < -0.4 is 9.47 Å². The lowest BCUT2D eigenvalue weighted by atomic mass is 10.2. The Morgan fingerprint density at radius 3 is 2.88 bits per heavy atom. The fourth-order valence-corrected chi connectivity index (χ4v) is 1.67. The molecule has 1 aromatic rings. The zero-order chi connectivity index (χ0) is 11.5. The molecule has 0 spiro atoms. The number of hydrogen-bond acceptors (Lipinski definition) is 3. The van der Waals surface area contributed by atoms with E-state index in [0.717, 1.165) is 6.08 Å². The van der Waals surface area contributed by atoms with Crippen LogP contribution in [0.15, 0.2) is 18.2 Å². The van der Waals surface area contributed by atoms with Crippen molar-refractivity contribution in [2.75, 3.05) is 13.2 Å². The van der Waals surface area contributed by atoms with Crippen molar-refractivity contribution in [3.05, 3.63) is 28.8 Å². The first-order valence-corrected chi connectivity index (χ1v) is 5.05. The molecule has 0 saturated heterocycles. The van der Waals surface area contributed by atoms with E-state index >= 15 is 0 Å². The Morgan fingerprint density at radius 1 is 1.38 bits per heavy atom. The molecule has 1 aliphatic heterocycles. The van der Waals surface area contributed by atoms with Gasteiger partial charge in [0.05, 0.1) is 5.02 Å². The standard InChI is InChI=1S/C11H9ClO4/c12-8-5-7(1-2-10(13)14)6-9-11(8)16-4-3-15-9/h1-2,5-6H,3-4H2,(H,13,14)/b2-1+. The van der Waals surface area contributed by atoms with Crippen LogP contribution >= 0.6 is 11.6 Å². The predicted molar refractivity (Wildman–Crippen MR) is 59.1 cm³/mol. The number of fused-ring (bicyclic) bond motifs is 1. The van der Waals surface area contributed by atoms with Crippen LogP contribution in [0.3, 0.4) is 0 Å². The van der Waals surface area contributed by atoms with Gasteiger partial charge < -0.3 is 14.6 Å². The van der Waals surface area contributed by atoms with Gasteiger partial charge in [-0.3, -0.25) is 0 Å². The van der Waals surface area contributed by atoms with E-state index in [0.29, 0.717) is 35.3 Å². The zero-order valence-corrected chi connectivity index (χ0v) is 9.03. The van der Waals surface area contributed by atoms with Gasteiger partial charge in [-0.15, -0.1) is 0 Å². The average Bonchev–Trinajstić information content (AvgIpc) is 2.26. The highest BCUT2D eigenvalue weighted by Gasteiger charge is 2.15. The molecule has 1 aromatic carbocycles. The summed E-state index contributed by atoms with van der Waals surface area (Å²) in [5, 5.41) is 8.93. The maximum absolute atomic E-state index is 10.4. The number of ether oxygens (including phenoxy) is 2. The number of rotatable bonds is 2. The number of aliphatic carboxylic acids is 1. The molecular formula is C11H9ClO4. The first kappa shape index (κ1) is 10.8. The van der Waals surface area contributed by atoms with E-state index in [4.69, 9.17) is 26.2 Å². The second kappa shape index (κ2) is 4.45. The molecular weight excluding hydrogens is 232 g/mol. The maximum Gasteiger partial charge on any atom is 0.328 e. The van der Waals surface area contributed by atoms with Gasteiger partial charge in [-0.25, -0.2) is 4.79 Å². The summed E-state index contributed by atoms with van der Waals surface area (Å²) in [5.41, 5.74) is 0.664. The lowest BCUT2D eigenvalue weighted by Gasteiger charge is -2.19. The largest absolute Gasteiger partial charge is 0.486 e. The minimum absolute atomic E-state index is 0.419. The molecule has 1 heterocycles. The van der Waals surface area contributed by atoms with E-state index in [1.807, 2.05) is 0 Å². The Kier molecular flexibility index (Phi) is 3.01. The third-order valence-electron chi connectivity index (χ3n) is 2.04. The third kappa shape index (κ3) is 2.28. The second-order valence-electron chi connectivity index (χ2n) is 3.20. The van der Waals surface area contributed by atoms with Crippen LogP contribution in [-0.2, 0) is 4.79 Å². The van der Waals surface area contributed by atoms with Crippen molar-refractivity contribution in [2.24, 2.45) is 0 Å². The van der Waals surface area contributed by atoms with Crippen molar-refractivity contribution in [2.45, 2.75) is 0 Å². The Morgan fingerprint density at radius 2 is 2.12 bits per heavy atom. The zero-order valence-electron chi connectivity index (χ0n) is 8.27. The molecule has 0 unspecified atom stereocenters. The van der Waals surface area contributed by atoms with Crippen LogP contribution in [0.2, 0.25) is 5.02 Å². The summed E-state index contributed by atoms with van der Waals surface area (Å²) in [6, 6.07) is 3.33. The molecule has 0 fully saturated rings. The van der Waals surface area contributed by atoms with E-state index in [1.54, 1.807) is 12.1 Å². The van der Waals surface area contributed by atoms with Crippen LogP contribution in [0.4, 0.5) is 0 Å². The summed E-state index contributed by atoms with van der Waals surface area (Å²) in [6.07, 6.45) is 2.49. The summed E-state index contributed by atoms with van der Waals surface area (Å²) < 4.78 is 10.7. The smallest absolute Gasteiger partial charge is 0.328 e. The summed E-state index contributed by atoms with van der Waals surface area (Å²) in [4.78, 5) is 10.4. The highest BCUT2D eigenvalue weighted by atomic mass is 35.5. The lowest BCUT2D eigenvalue weighted by molar-refractivity contribution is -0.131. The third-order valence-corrected chi connectivity index (χ3v) is 2.32. The highest BCUT2D eigenvalue weighted by molar-refractivity contribution is 6.32. The van der Waals surface area contributed by atoms with Crippen LogP contribution in [0.5, 0.6) is 11.5 Å². The van der Waals surface area contributed by atoms with Gasteiger partial charge in [-0.1, -0.05) is 11.6 Å². The average molecular weight is 241 g/mol. The molecule has 0 atom stereocenters. The van der Waals surface area contributed by atoms with Crippen LogP contribution in [-0.4, -0.2) is 24.3 Å². The lowest BCUT2D eigenvalue weighted by Crippen LogP contribution is -2.15. The maximum atomic E-state index is 10.4. The van der Waals surface area contributed by atoms with Crippen molar-refractivity contribution >= 4 is 23.6 Å². The highest BCUT2D eigenvalue weighted by Crippen LogP contribution is 2.38. The molecule has 0 bridgehead atoms. The molecule has 0 amide bonds. The molecule has 1 N–H and O–H groups in total. The van der Waals surface area contributed by atoms with Gasteiger partial charge in [-0.2, -0.15) is 0 Å². The first-order valence-electron chi connectivity index (χ1n) is 4.67. The second-order valence-corrected chi connectivity index (χ2v) is 3.61. The van der Waals surface area contributed by atoms with E-state index in [1.165, 1.54) is 6.08 Å². The van der Waals surface area contributed by atoms with Gasteiger partial charge in [0.15, 0.2) is 11.5 Å². The van der Waals surface area contributed by atoms with Gasteiger partial charge in [0, 0.05) is 6.08 Å². The summed E-state index contributed by atoms with van der Waals surface area (Å²) in [6.45, 7) is 0.937. The van der Waals surface area contributed by atoms with Crippen molar-refractivity contribution < 1.29 is 19.4 Å². The molecule has 0 aliphatic carbocycles. The number of benzene rings is 1. The Balaban J connectivity index is 2.35. The van der Waals surface area contributed by atoms with Gasteiger partial charge in [0.25, 0.3) is 0 Å². The number of carbonyl (C=O) groups is 1. The number of hydrogen-bond donors (Lipinski definition) is 1. The van der Waals surface area contributed by atoms with Crippen molar-refractivity contribution in [3.63, 3.8) is 0 Å². The van der Waals surface area contributed by atoms with Gasteiger partial charge in [-0.05, 0) is 23.8 Å². The SMILES string of the molecule is O=C(O)/C=C/c1cc(Cl)c2c(c1)OCCO2. The molecule has 16 heavy (non-hydrogen) atoms. The van der Waals surface area contributed by atoms with Gasteiger partial charge >= 0.3 is 5.97 Å². The fourth-order valence-electron chi connectivity index (χ4n) is 1.39. The minimum atomic E-state index is -1.01. The summed E-state index contributed by atoms with van der Waals surface area (Å²) in [7, 11) is 0. The van der Waals surface area contributed by atoms with Crippen LogP contribution in [0, 0.1) is 0 Å². The van der Waals surface area contributed by atoms with E-state index in [2.05, 4.69) is 0 Å². The Labute approximate surface area is 97.0 Å². The molecule has 1 aliphatic rings. The van der Waals surface area contributed by atoms with E-state index in [-0.39, 0.29) is 0 Å². The first-order chi connectivity index (χ1) is 7.66. The molecule has 5 heteroatoms. The number of carboxylic acids is 1. The normalized spacial score (nSPS) is 14.1. The van der Waals surface area contributed by atoms with Crippen LogP contribution in [0.25, 0.3) is 6.08 Å². The quantitative estimate of drug-likeness (QED) is 0.806. The molecule has 0 radical (unpaired) electrons. The Bertz CT molecular complexity index is 454. The minimum Gasteiger partial charge on any atom is -0.486 e. The molecule has 2 rings (SSSR count). The van der Waals surface area contributed by atoms with Crippen LogP contribution in [0.1, 0.15) is 5.56 Å². The number of carboxylic acid groups (broad SMARTS) is 1. The Hall–Kier alpha value is -1.68. The summed E-state index contributed by atoms with van der Waals surface area (Å²) in [5.74, 6) is 0.0511. The summed E-state index contributed by atoms with van der Waals surface area (Å²) >= 11 is 5.98. The van der Waals surface area contributed by atoms with Crippen molar-refractivity contribution in [1.82, 2.24) is 0 Å². The van der Waals surface area contributed by atoms with Crippen molar-refractivity contribution in [3.8, 4) is 11.5 Å².